The van der Waals surface area contributed by atoms with E-state index in [0.717, 1.165) is 0 Å². The van der Waals surface area contributed by atoms with Crippen LogP contribution in [0.15, 0.2) is 24.5 Å². The molecule has 0 aromatic carbocycles. The van der Waals surface area contributed by atoms with Crippen molar-refractivity contribution in [2.24, 2.45) is 0 Å². The summed E-state index contributed by atoms with van der Waals surface area (Å²) in [5.74, 6) is 0. The molecule has 5 nitrogen and oxygen atoms in total. The van der Waals surface area contributed by atoms with Crippen molar-refractivity contribution in [2.75, 3.05) is 5.06 Å². The Hall–Kier alpha value is -1.62. The number of hydrogen-bond donors (Lipinski definition) is 1. The summed E-state index contributed by atoms with van der Waals surface area (Å²) in [5.41, 5.74) is -0.315. The monoisotopic (exact) mass is 210 g/mol. The summed E-state index contributed by atoms with van der Waals surface area (Å²) < 4.78 is 4.97. The Kier molecular flexibility index (Phi) is 3.26. The average Bonchev–Trinajstić information content (AvgIpc) is 2.15. The van der Waals surface area contributed by atoms with Gasteiger partial charge in [0, 0.05) is 12.4 Å². The Balaban J connectivity index is 2.70. The highest BCUT2D eigenvalue weighted by atomic mass is 16.6. The first-order chi connectivity index (χ1) is 6.90. The minimum absolute atomic E-state index is 0.319. The second kappa shape index (κ2) is 4.27. The molecule has 1 aromatic rings. The minimum Gasteiger partial charge on any atom is -0.442 e. The van der Waals surface area contributed by atoms with Crippen molar-refractivity contribution in [3.05, 3.63) is 24.5 Å². The summed E-state index contributed by atoms with van der Waals surface area (Å²) in [7, 11) is 0. The third-order valence-corrected chi connectivity index (χ3v) is 1.47. The number of ether oxygens (including phenoxy) is 1. The Bertz CT molecular complexity index is 332. The van der Waals surface area contributed by atoms with E-state index in [0.29, 0.717) is 10.8 Å². The minimum atomic E-state index is -0.811. The molecule has 5 heteroatoms. The summed E-state index contributed by atoms with van der Waals surface area (Å²) in [6.45, 7) is 5.18. The van der Waals surface area contributed by atoms with Gasteiger partial charge in [-0.3, -0.25) is 10.2 Å². The van der Waals surface area contributed by atoms with E-state index in [1.807, 2.05) is 0 Å². The van der Waals surface area contributed by atoms with Crippen molar-refractivity contribution < 1.29 is 14.7 Å². The van der Waals surface area contributed by atoms with Crippen LogP contribution in [0.5, 0.6) is 0 Å². The molecule has 1 amide bonds. The number of carbonyl (C=O) groups is 1. The van der Waals surface area contributed by atoms with E-state index in [1.165, 1.54) is 24.5 Å². The molecule has 1 rings (SSSR count). The first-order valence-electron chi connectivity index (χ1n) is 4.52. The van der Waals surface area contributed by atoms with E-state index in [9.17, 15) is 10.0 Å². The fourth-order valence-corrected chi connectivity index (χ4v) is 0.896. The number of amides is 1. The highest BCUT2D eigenvalue weighted by molar-refractivity contribution is 5.84. The number of carbonyl (C=O) groups excluding carboxylic acids is 1. The number of aromatic nitrogens is 1. The standard InChI is InChI=1S/C10H14N2O3/c1-10(2,3)15-9(13)12(14)8-4-6-11-7-5-8/h4-7,14H,1-3H3. The van der Waals surface area contributed by atoms with Crippen molar-refractivity contribution in [3.8, 4) is 0 Å². The van der Waals surface area contributed by atoms with Crippen molar-refractivity contribution >= 4 is 11.8 Å². The number of hydroxylamine groups is 1. The fourth-order valence-electron chi connectivity index (χ4n) is 0.896. The third-order valence-electron chi connectivity index (χ3n) is 1.47. The van der Waals surface area contributed by atoms with Gasteiger partial charge in [-0.15, -0.1) is 0 Å². The van der Waals surface area contributed by atoms with Gasteiger partial charge in [-0.1, -0.05) is 0 Å². The molecule has 0 unspecified atom stereocenters. The van der Waals surface area contributed by atoms with Gasteiger partial charge in [0.15, 0.2) is 0 Å². The van der Waals surface area contributed by atoms with Gasteiger partial charge < -0.3 is 4.74 Å². The summed E-state index contributed by atoms with van der Waals surface area (Å²) >= 11 is 0. The second-order valence-electron chi connectivity index (χ2n) is 4.00. The zero-order chi connectivity index (χ0) is 11.5. The van der Waals surface area contributed by atoms with Gasteiger partial charge in [-0.05, 0) is 32.9 Å². The van der Waals surface area contributed by atoms with Gasteiger partial charge in [0.05, 0.1) is 5.69 Å². The lowest BCUT2D eigenvalue weighted by atomic mass is 10.2. The number of hydrogen-bond acceptors (Lipinski definition) is 4. The average molecular weight is 210 g/mol. The number of pyridine rings is 1. The Morgan fingerprint density at radius 3 is 2.40 bits per heavy atom. The lowest BCUT2D eigenvalue weighted by Gasteiger charge is -2.23. The topological polar surface area (TPSA) is 62.7 Å². The van der Waals surface area contributed by atoms with E-state index >= 15 is 0 Å². The van der Waals surface area contributed by atoms with Gasteiger partial charge >= 0.3 is 6.09 Å². The molecule has 0 fully saturated rings. The number of rotatable bonds is 1. The first kappa shape index (κ1) is 11.5. The third kappa shape index (κ3) is 3.55. The Labute approximate surface area is 88.3 Å². The molecule has 0 aliphatic rings. The maximum absolute atomic E-state index is 11.4. The molecular formula is C10H14N2O3. The molecule has 0 bridgehead atoms. The Morgan fingerprint density at radius 1 is 1.40 bits per heavy atom. The van der Waals surface area contributed by atoms with Crippen LogP contribution in [0.4, 0.5) is 10.5 Å². The molecule has 1 heterocycles. The van der Waals surface area contributed by atoms with E-state index < -0.39 is 11.7 Å². The molecule has 0 saturated heterocycles. The zero-order valence-electron chi connectivity index (χ0n) is 8.97. The maximum atomic E-state index is 11.4. The lowest BCUT2D eigenvalue weighted by molar-refractivity contribution is 0.0407. The van der Waals surface area contributed by atoms with Gasteiger partial charge in [-0.25, -0.2) is 4.79 Å². The quantitative estimate of drug-likeness (QED) is 0.570. The molecule has 1 N–H and O–H groups in total. The summed E-state index contributed by atoms with van der Waals surface area (Å²) in [6.07, 6.45) is 2.14. The highest BCUT2D eigenvalue weighted by Crippen LogP contribution is 2.14. The van der Waals surface area contributed by atoms with Crippen LogP contribution in [0.1, 0.15) is 20.8 Å². The molecule has 15 heavy (non-hydrogen) atoms. The first-order valence-corrected chi connectivity index (χ1v) is 4.52. The Morgan fingerprint density at radius 2 is 1.93 bits per heavy atom. The summed E-state index contributed by atoms with van der Waals surface area (Å²) in [5, 5.41) is 9.93. The number of nitrogens with zero attached hydrogens (tertiary/aromatic N) is 2. The van der Waals surface area contributed by atoms with Crippen LogP contribution < -0.4 is 5.06 Å². The van der Waals surface area contributed by atoms with E-state index in [4.69, 9.17) is 4.74 Å². The van der Waals surface area contributed by atoms with Crippen LogP contribution in [-0.2, 0) is 4.74 Å². The van der Waals surface area contributed by atoms with Crippen LogP contribution in [0.2, 0.25) is 0 Å². The van der Waals surface area contributed by atoms with Crippen molar-refractivity contribution in [3.63, 3.8) is 0 Å². The highest BCUT2D eigenvalue weighted by Gasteiger charge is 2.21. The van der Waals surface area contributed by atoms with Gasteiger partial charge in [0.2, 0.25) is 0 Å². The second-order valence-corrected chi connectivity index (χ2v) is 4.00. The smallest absolute Gasteiger partial charge is 0.439 e. The SMILES string of the molecule is CC(C)(C)OC(=O)N(O)c1ccncc1. The molecule has 0 aliphatic heterocycles. The molecule has 0 saturated carbocycles. The van der Waals surface area contributed by atoms with Crippen molar-refractivity contribution in [1.82, 2.24) is 4.98 Å². The van der Waals surface area contributed by atoms with Crippen molar-refractivity contribution in [1.29, 1.82) is 0 Å². The largest absolute Gasteiger partial charge is 0.442 e. The summed E-state index contributed by atoms with van der Waals surface area (Å²) in [4.78, 5) is 15.2. The molecule has 0 atom stereocenters. The van der Waals surface area contributed by atoms with Crippen LogP contribution in [0, 0.1) is 0 Å². The van der Waals surface area contributed by atoms with Gasteiger partial charge in [-0.2, -0.15) is 5.06 Å². The van der Waals surface area contributed by atoms with E-state index in [2.05, 4.69) is 4.98 Å². The lowest BCUT2D eigenvalue weighted by Crippen LogP contribution is -2.34. The predicted molar refractivity (Wildman–Crippen MR) is 54.7 cm³/mol. The van der Waals surface area contributed by atoms with Crippen LogP contribution in [0.25, 0.3) is 0 Å². The molecule has 1 aromatic heterocycles. The normalized spacial score (nSPS) is 10.9. The van der Waals surface area contributed by atoms with E-state index in [-0.39, 0.29) is 0 Å². The molecular weight excluding hydrogens is 196 g/mol. The summed E-state index contributed by atoms with van der Waals surface area (Å²) in [6, 6.07) is 3.01. The van der Waals surface area contributed by atoms with E-state index in [1.54, 1.807) is 20.8 Å². The molecule has 0 radical (unpaired) electrons. The predicted octanol–water partition coefficient (Wildman–Crippen LogP) is 2.21. The maximum Gasteiger partial charge on any atom is 0.439 e. The molecule has 0 spiro atoms. The van der Waals surface area contributed by atoms with Gasteiger partial charge in [0.25, 0.3) is 0 Å². The number of anilines is 1. The van der Waals surface area contributed by atoms with Crippen LogP contribution in [-0.4, -0.2) is 21.9 Å². The molecule has 82 valence electrons. The van der Waals surface area contributed by atoms with Crippen LogP contribution >= 0.6 is 0 Å². The van der Waals surface area contributed by atoms with Gasteiger partial charge in [0.1, 0.15) is 5.60 Å². The molecule has 0 aliphatic carbocycles. The van der Waals surface area contributed by atoms with Crippen molar-refractivity contribution in [2.45, 2.75) is 26.4 Å². The fraction of sp³-hybridized carbons (Fsp3) is 0.400. The van der Waals surface area contributed by atoms with Crippen LogP contribution in [0.3, 0.4) is 0 Å². The zero-order valence-corrected chi connectivity index (χ0v) is 8.97.